The number of urea groups is 1. The highest BCUT2D eigenvalue weighted by atomic mass is 35.5. The van der Waals surface area contributed by atoms with Crippen LogP contribution < -0.4 is 21.3 Å². The Morgan fingerprint density at radius 3 is 2.19 bits per heavy atom. The van der Waals surface area contributed by atoms with Gasteiger partial charge in [-0.1, -0.05) is 11.6 Å². The van der Waals surface area contributed by atoms with Gasteiger partial charge >= 0.3 is 6.03 Å². The molecule has 0 saturated carbocycles. The summed E-state index contributed by atoms with van der Waals surface area (Å²) >= 11 is 5.90. The molecule has 0 aliphatic rings. The predicted molar refractivity (Wildman–Crippen MR) is 89.3 cm³/mol. The lowest BCUT2D eigenvalue weighted by molar-refractivity contribution is 0.262. The lowest BCUT2D eigenvalue weighted by Crippen LogP contribution is -2.19. The number of nitrogens with one attached hydrogen (secondary N) is 2. The van der Waals surface area contributed by atoms with Crippen molar-refractivity contribution in [1.29, 1.82) is 0 Å². The summed E-state index contributed by atoms with van der Waals surface area (Å²) in [7, 11) is 3.92. The molecule has 0 saturated heterocycles. The third-order valence-corrected chi connectivity index (χ3v) is 3.23. The van der Waals surface area contributed by atoms with Crippen LogP contribution in [-0.4, -0.2) is 20.1 Å². The fourth-order valence-electron chi connectivity index (χ4n) is 1.74. The van der Waals surface area contributed by atoms with Crippen LogP contribution in [0.1, 0.15) is 0 Å². The first kappa shape index (κ1) is 15.0. The van der Waals surface area contributed by atoms with Crippen LogP contribution in [0.5, 0.6) is 0 Å². The van der Waals surface area contributed by atoms with Gasteiger partial charge < -0.3 is 21.3 Å². The average Bonchev–Trinajstić information content (AvgIpc) is 2.43. The zero-order valence-electron chi connectivity index (χ0n) is 11.9. The Morgan fingerprint density at radius 2 is 1.62 bits per heavy atom. The number of carbonyl (C=O) groups is 1. The minimum atomic E-state index is -0.339. The van der Waals surface area contributed by atoms with Gasteiger partial charge in [0.25, 0.3) is 0 Å². The minimum Gasteiger partial charge on any atom is -0.398 e. The molecule has 0 aromatic heterocycles. The van der Waals surface area contributed by atoms with E-state index in [1.54, 1.807) is 18.2 Å². The SMILES string of the molecule is CN(C)c1ccc(NC(=O)Nc2ccc(N)c(Cl)c2)cc1. The van der Waals surface area contributed by atoms with E-state index in [0.717, 1.165) is 5.69 Å². The Labute approximate surface area is 128 Å². The number of nitrogen functional groups attached to an aromatic ring is 1. The van der Waals surface area contributed by atoms with Crippen LogP contribution in [-0.2, 0) is 0 Å². The van der Waals surface area contributed by atoms with Crippen molar-refractivity contribution in [3.05, 3.63) is 47.5 Å². The van der Waals surface area contributed by atoms with Gasteiger partial charge in [0.1, 0.15) is 0 Å². The van der Waals surface area contributed by atoms with E-state index in [4.69, 9.17) is 17.3 Å². The monoisotopic (exact) mass is 304 g/mol. The summed E-state index contributed by atoms with van der Waals surface area (Å²) in [5, 5.41) is 5.85. The highest BCUT2D eigenvalue weighted by molar-refractivity contribution is 6.33. The third-order valence-electron chi connectivity index (χ3n) is 2.90. The molecule has 0 fully saturated rings. The van der Waals surface area contributed by atoms with Crippen LogP contribution in [0.4, 0.5) is 27.5 Å². The molecule has 2 amide bonds. The summed E-state index contributed by atoms with van der Waals surface area (Å²) in [6, 6.07) is 12.1. The Bertz CT molecular complexity index is 641. The molecule has 110 valence electrons. The molecular formula is C15H17ClN4O. The lowest BCUT2D eigenvalue weighted by Gasteiger charge is -2.13. The van der Waals surface area contributed by atoms with Gasteiger partial charge in [-0.05, 0) is 42.5 Å². The topological polar surface area (TPSA) is 70.4 Å². The maximum absolute atomic E-state index is 11.9. The van der Waals surface area contributed by atoms with Crippen molar-refractivity contribution >= 4 is 40.4 Å². The Morgan fingerprint density at radius 1 is 1.05 bits per heavy atom. The molecule has 4 N–H and O–H groups in total. The zero-order chi connectivity index (χ0) is 15.4. The molecule has 0 radical (unpaired) electrons. The molecule has 0 bridgehead atoms. The second-order valence-electron chi connectivity index (χ2n) is 4.76. The van der Waals surface area contributed by atoms with E-state index in [0.29, 0.717) is 22.1 Å². The van der Waals surface area contributed by atoms with Crippen molar-refractivity contribution in [3.63, 3.8) is 0 Å². The zero-order valence-corrected chi connectivity index (χ0v) is 12.6. The van der Waals surface area contributed by atoms with Gasteiger partial charge in [0, 0.05) is 31.2 Å². The van der Waals surface area contributed by atoms with Crippen LogP contribution in [0.15, 0.2) is 42.5 Å². The van der Waals surface area contributed by atoms with E-state index >= 15 is 0 Å². The quantitative estimate of drug-likeness (QED) is 0.758. The normalized spacial score (nSPS) is 10.0. The molecule has 2 rings (SSSR count). The summed E-state index contributed by atoms with van der Waals surface area (Å²) in [5.41, 5.74) is 8.44. The number of nitrogens with two attached hydrogens (primary N) is 1. The molecule has 0 aliphatic carbocycles. The Kier molecular flexibility index (Phi) is 4.55. The van der Waals surface area contributed by atoms with E-state index in [-0.39, 0.29) is 6.03 Å². The molecule has 0 spiro atoms. The maximum atomic E-state index is 11.9. The van der Waals surface area contributed by atoms with Crippen LogP contribution in [0.2, 0.25) is 5.02 Å². The highest BCUT2D eigenvalue weighted by Crippen LogP contribution is 2.23. The minimum absolute atomic E-state index is 0.339. The first-order chi connectivity index (χ1) is 9.95. The number of benzene rings is 2. The van der Waals surface area contributed by atoms with Crippen molar-refractivity contribution in [2.75, 3.05) is 35.4 Å². The second kappa shape index (κ2) is 6.37. The van der Waals surface area contributed by atoms with Gasteiger partial charge in [0.05, 0.1) is 10.7 Å². The number of hydrogen-bond donors (Lipinski definition) is 3. The molecule has 0 atom stereocenters. The Hall–Kier alpha value is -2.40. The highest BCUT2D eigenvalue weighted by Gasteiger charge is 2.05. The van der Waals surface area contributed by atoms with Gasteiger partial charge in [-0.2, -0.15) is 0 Å². The fraction of sp³-hybridized carbons (Fsp3) is 0.133. The van der Waals surface area contributed by atoms with Crippen molar-refractivity contribution < 1.29 is 4.79 Å². The van der Waals surface area contributed by atoms with E-state index in [1.807, 2.05) is 43.3 Å². The smallest absolute Gasteiger partial charge is 0.323 e. The number of hydrogen-bond acceptors (Lipinski definition) is 3. The first-order valence-corrected chi connectivity index (χ1v) is 6.74. The van der Waals surface area contributed by atoms with Crippen LogP contribution in [0.3, 0.4) is 0 Å². The number of nitrogens with zero attached hydrogens (tertiary/aromatic N) is 1. The molecule has 0 heterocycles. The van der Waals surface area contributed by atoms with Crippen molar-refractivity contribution in [2.45, 2.75) is 0 Å². The average molecular weight is 305 g/mol. The lowest BCUT2D eigenvalue weighted by atomic mass is 10.2. The van der Waals surface area contributed by atoms with Gasteiger partial charge in [0.15, 0.2) is 0 Å². The summed E-state index contributed by atoms with van der Waals surface area (Å²) in [6.45, 7) is 0. The van der Waals surface area contributed by atoms with Gasteiger partial charge in [-0.3, -0.25) is 0 Å². The van der Waals surface area contributed by atoms with E-state index in [1.165, 1.54) is 0 Å². The molecule has 0 unspecified atom stereocenters. The van der Waals surface area contributed by atoms with Crippen LogP contribution in [0, 0.1) is 0 Å². The molecule has 0 aliphatic heterocycles. The molecular weight excluding hydrogens is 288 g/mol. The van der Waals surface area contributed by atoms with Gasteiger partial charge in [-0.25, -0.2) is 4.79 Å². The van der Waals surface area contributed by atoms with Gasteiger partial charge in [-0.15, -0.1) is 0 Å². The fourth-order valence-corrected chi connectivity index (χ4v) is 1.92. The van der Waals surface area contributed by atoms with Crippen LogP contribution >= 0.6 is 11.6 Å². The number of rotatable bonds is 3. The van der Waals surface area contributed by atoms with Crippen molar-refractivity contribution in [3.8, 4) is 0 Å². The van der Waals surface area contributed by atoms with Crippen molar-refractivity contribution in [1.82, 2.24) is 0 Å². The Balaban J connectivity index is 1.99. The number of anilines is 4. The number of amides is 2. The van der Waals surface area contributed by atoms with Crippen molar-refractivity contribution in [2.24, 2.45) is 0 Å². The predicted octanol–water partition coefficient (Wildman–Crippen LogP) is 3.63. The number of carbonyl (C=O) groups excluding carboxylic acids is 1. The summed E-state index contributed by atoms with van der Waals surface area (Å²) in [4.78, 5) is 13.9. The number of halogens is 1. The molecule has 5 nitrogen and oxygen atoms in total. The summed E-state index contributed by atoms with van der Waals surface area (Å²) < 4.78 is 0. The molecule has 2 aromatic rings. The van der Waals surface area contributed by atoms with E-state index in [9.17, 15) is 4.79 Å². The largest absolute Gasteiger partial charge is 0.398 e. The molecule has 2 aromatic carbocycles. The molecule has 21 heavy (non-hydrogen) atoms. The first-order valence-electron chi connectivity index (χ1n) is 6.36. The van der Waals surface area contributed by atoms with Gasteiger partial charge in [0.2, 0.25) is 0 Å². The summed E-state index contributed by atoms with van der Waals surface area (Å²) in [5.74, 6) is 0. The summed E-state index contributed by atoms with van der Waals surface area (Å²) in [6.07, 6.45) is 0. The third kappa shape index (κ3) is 4.03. The van der Waals surface area contributed by atoms with Crippen LogP contribution in [0.25, 0.3) is 0 Å². The van der Waals surface area contributed by atoms with E-state index in [2.05, 4.69) is 10.6 Å². The van der Waals surface area contributed by atoms with E-state index < -0.39 is 0 Å². The maximum Gasteiger partial charge on any atom is 0.323 e. The standard InChI is InChI=1S/C15H17ClN4O/c1-20(2)12-6-3-10(4-7-12)18-15(21)19-11-5-8-14(17)13(16)9-11/h3-9H,17H2,1-2H3,(H2,18,19,21). The second-order valence-corrected chi connectivity index (χ2v) is 5.16. The molecule has 6 heteroatoms.